The number of rotatable bonds is 7. The van der Waals surface area contributed by atoms with Gasteiger partial charge >= 0.3 is 5.97 Å². The van der Waals surface area contributed by atoms with E-state index in [0.29, 0.717) is 0 Å². The summed E-state index contributed by atoms with van der Waals surface area (Å²) in [6.07, 6.45) is 1.000. The molecule has 0 atom stereocenters. The van der Waals surface area contributed by atoms with E-state index in [2.05, 4.69) is 5.32 Å². The fourth-order valence-electron chi connectivity index (χ4n) is 2.36. The third-order valence-electron chi connectivity index (χ3n) is 3.70. The number of hydrogen-bond acceptors (Lipinski definition) is 7. The second-order valence-electron chi connectivity index (χ2n) is 5.45. The molecule has 1 amide bonds. The maximum Gasteiger partial charge on any atom is 0.352 e. The smallest absolute Gasteiger partial charge is 0.352 e. The summed E-state index contributed by atoms with van der Waals surface area (Å²) in [7, 11) is 4.16. The summed E-state index contributed by atoms with van der Waals surface area (Å²) in [6, 6.07) is 6.12. The van der Waals surface area contributed by atoms with Crippen LogP contribution < -0.4 is 24.6 Å². The molecule has 2 aromatic rings. The Hall–Kier alpha value is -3.88. The molecule has 9 heteroatoms. The van der Waals surface area contributed by atoms with Gasteiger partial charge in [-0.3, -0.25) is 4.79 Å². The van der Waals surface area contributed by atoms with Crippen LogP contribution in [0.3, 0.4) is 0 Å². The molecule has 148 valence electrons. The van der Waals surface area contributed by atoms with Crippen molar-refractivity contribution in [3.05, 3.63) is 47.2 Å². The highest BCUT2D eigenvalue weighted by molar-refractivity contribution is 6.03. The normalized spacial score (nSPS) is 10.9. The van der Waals surface area contributed by atoms with Crippen LogP contribution in [0.15, 0.2) is 36.0 Å². The average Bonchev–Trinajstić information content (AvgIpc) is 2.67. The monoisotopic (exact) mass is 388 g/mol. The quantitative estimate of drug-likeness (QED) is 0.605. The molecule has 9 nitrogen and oxygen atoms in total. The molecular weight excluding hydrogens is 370 g/mol. The van der Waals surface area contributed by atoms with E-state index in [1.54, 1.807) is 0 Å². The predicted molar refractivity (Wildman–Crippen MR) is 96.7 cm³/mol. The van der Waals surface area contributed by atoms with Crippen LogP contribution in [0.2, 0.25) is 0 Å². The Morgan fingerprint density at radius 3 is 2.11 bits per heavy atom. The first-order chi connectivity index (χ1) is 13.3. The van der Waals surface area contributed by atoms with E-state index in [9.17, 15) is 24.9 Å². The first-order valence-electron chi connectivity index (χ1n) is 7.87. The molecule has 0 aromatic heterocycles. The second kappa shape index (κ2) is 8.67. The molecule has 0 radical (unpaired) electrons. The van der Waals surface area contributed by atoms with Crippen LogP contribution in [0.1, 0.15) is 15.9 Å². The number of methoxy groups -OCH3 is 3. The molecule has 0 saturated heterocycles. The maximum absolute atomic E-state index is 12.5. The van der Waals surface area contributed by atoms with E-state index < -0.39 is 23.3 Å². The second-order valence-corrected chi connectivity index (χ2v) is 5.45. The Kier molecular flexibility index (Phi) is 6.33. The predicted octanol–water partition coefficient (Wildman–Crippen LogP) is 1.35. The highest BCUT2D eigenvalue weighted by Crippen LogP contribution is 2.38. The van der Waals surface area contributed by atoms with Crippen LogP contribution >= 0.6 is 0 Å². The molecule has 0 heterocycles. The number of carboxylic acid groups (broad SMARTS) is 1. The van der Waals surface area contributed by atoms with Crippen molar-refractivity contribution in [1.29, 1.82) is 0 Å². The lowest BCUT2D eigenvalue weighted by molar-refractivity contribution is -0.268. The number of benzene rings is 2. The summed E-state index contributed by atoms with van der Waals surface area (Å²) in [5.41, 5.74) is -0.489. The molecule has 3 N–H and O–H groups in total. The van der Waals surface area contributed by atoms with E-state index in [1.807, 2.05) is 0 Å². The minimum atomic E-state index is -1.45. The highest BCUT2D eigenvalue weighted by atomic mass is 16.5. The van der Waals surface area contributed by atoms with Crippen molar-refractivity contribution in [2.45, 2.75) is 0 Å². The molecule has 0 fully saturated rings. The zero-order valence-electron chi connectivity index (χ0n) is 15.3. The third-order valence-corrected chi connectivity index (χ3v) is 3.70. The summed E-state index contributed by atoms with van der Waals surface area (Å²) in [5.74, 6) is -2.36. The SMILES string of the molecule is COc1cc(C(=O)N/C(=C/c2ccc(O)cc2[O-])C(=O)O)cc(OC)c1OC. The fourth-order valence-corrected chi connectivity index (χ4v) is 2.36. The molecule has 0 unspecified atom stereocenters. The van der Waals surface area contributed by atoms with Crippen LogP contribution in [-0.2, 0) is 4.79 Å². The maximum atomic E-state index is 12.5. The largest absolute Gasteiger partial charge is 0.872 e. The van der Waals surface area contributed by atoms with E-state index in [0.717, 1.165) is 12.1 Å². The first kappa shape index (κ1) is 20.4. The van der Waals surface area contributed by atoms with Crippen LogP contribution in [0, 0.1) is 0 Å². The van der Waals surface area contributed by atoms with Crippen molar-refractivity contribution in [3.8, 4) is 28.7 Å². The van der Waals surface area contributed by atoms with Crippen molar-refractivity contribution < 1.29 is 39.1 Å². The number of carbonyl (C=O) groups excluding carboxylic acids is 1. The zero-order valence-corrected chi connectivity index (χ0v) is 15.3. The van der Waals surface area contributed by atoms with Crippen molar-refractivity contribution in [2.24, 2.45) is 0 Å². The number of hydrogen-bond donors (Lipinski definition) is 3. The lowest BCUT2D eigenvalue weighted by atomic mass is 10.1. The summed E-state index contributed by atoms with van der Waals surface area (Å²) in [4.78, 5) is 24.0. The van der Waals surface area contributed by atoms with Gasteiger partial charge < -0.3 is 34.8 Å². The molecule has 0 bridgehead atoms. The van der Waals surface area contributed by atoms with Gasteiger partial charge in [-0.1, -0.05) is 11.8 Å². The van der Waals surface area contributed by atoms with Gasteiger partial charge in [-0.25, -0.2) is 4.79 Å². The zero-order chi connectivity index (χ0) is 20.8. The van der Waals surface area contributed by atoms with E-state index in [-0.39, 0.29) is 34.1 Å². The van der Waals surface area contributed by atoms with E-state index in [4.69, 9.17) is 14.2 Å². The van der Waals surface area contributed by atoms with Crippen LogP contribution in [-0.4, -0.2) is 43.4 Å². The molecule has 0 aliphatic rings. The fraction of sp³-hybridized carbons (Fsp3) is 0.158. The van der Waals surface area contributed by atoms with Crippen molar-refractivity contribution >= 4 is 18.0 Å². The molecular formula is C19H18NO8-. The minimum Gasteiger partial charge on any atom is -0.872 e. The molecule has 0 saturated carbocycles. The number of aliphatic carboxylic acids is 1. The number of nitrogens with one attached hydrogen (secondary N) is 1. The number of aromatic hydroxyl groups is 1. The number of carboxylic acids is 1. The van der Waals surface area contributed by atoms with E-state index in [1.165, 1.54) is 45.6 Å². The van der Waals surface area contributed by atoms with Gasteiger partial charge in [0.15, 0.2) is 11.5 Å². The number of phenols is 1. The summed E-state index contributed by atoms with van der Waals surface area (Å²) in [5, 5.41) is 32.7. The Morgan fingerprint density at radius 1 is 1.04 bits per heavy atom. The average molecular weight is 388 g/mol. The van der Waals surface area contributed by atoms with Crippen LogP contribution in [0.5, 0.6) is 28.7 Å². The Balaban J connectivity index is 2.40. The lowest BCUT2D eigenvalue weighted by Crippen LogP contribution is -2.27. The van der Waals surface area contributed by atoms with Crippen molar-refractivity contribution in [3.63, 3.8) is 0 Å². The van der Waals surface area contributed by atoms with Crippen molar-refractivity contribution in [2.75, 3.05) is 21.3 Å². The minimum absolute atomic E-state index is 0.0135. The first-order valence-corrected chi connectivity index (χ1v) is 7.87. The van der Waals surface area contributed by atoms with Gasteiger partial charge in [-0.05, 0) is 35.9 Å². The standard InChI is InChI=1S/C19H19NO8/c1-26-15-7-11(8-16(27-2)17(15)28-3)18(23)20-13(19(24)25)6-10-4-5-12(21)9-14(10)22/h4-9,21-22H,1-3H3,(H,20,23)(H,24,25)/p-1/b13-6+. The number of amides is 1. The van der Waals surface area contributed by atoms with Gasteiger partial charge in [-0.15, -0.1) is 0 Å². The molecule has 0 spiro atoms. The van der Waals surface area contributed by atoms with Gasteiger partial charge in [0.05, 0.1) is 21.3 Å². The molecule has 2 aromatic carbocycles. The Labute approximate surface area is 160 Å². The van der Waals surface area contributed by atoms with Crippen molar-refractivity contribution in [1.82, 2.24) is 5.32 Å². The topological polar surface area (TPSA) is 137 Å². The summed E-state index contributed by atoms with van der Waals surface area (Å²) < 4.78 is 15.5. The molecule has 0 aliphatic heterocycles. The van der Waals surface area contributed by atoms with Crippen LogP contribution in [0.4, 0.5) is 0 Å². The summed E-state index contributed by atoms with van der Waals surface area (Å²) in [6.45, 7) is 0. The molecule has 2 rings (SSSR count). The number of carbonyl (C=O) groups is 2. The lowest BCUT2D eigenvalue weighted by Gasteiger charge is -2.15. The van der Waals surface area contributed by atoms with Gasteiger partial charge in [-0.2, -0.15) is 0 Å². The van der Waals surface area contributed by atoms with Gasteiger partial charge in [0.2, 0.25) is 5.75 Å². The summed E-state index contributed by atoms with van der Waals surface area (Å²) >= 11 is 0. The Morgan fingerprint density at radius 2 is 1.64 bits per heavy atom. The third kappa shape index (κ3) is 4.44. The van der Waals surface area contributed by atoms with E-state index >= 15 is 0 Å². The number of phenolic OH excluding ortho intramolecular Hbond substituents is 1. The molecule has 28 heavy (non-hydrogen) atoms. The Bertz CT molecular complexity index is 911. The highest BCUT2D eigenvalue weighted by Gasteiger charge is 2.19. The molecule has 0 aliphatic carbocycles. The van der Waals surface area contributed by atoms with Gasteiger partial charge in [0.25, 0.3) is 5.91 Å². The van der Waals surface area contributed by atoms with Crippen LogP contribution in [0.25, 0.3) is 6.08 Å². The van der Waals surface area contributed by atoms with Gasteiger partial charge in [0.1, 0.15) is 11.4 Å². The number of ether oxygens (including phenoxy) is 3. The van der Waals surface area contributed by atoms with Gasteiger partial charge in [0, 0.05) is 5.56 Å².